The van der Waals surface area contributed by atoms with E-state index in [1.54, 1.807) is 30.3 Å². The van der Waals surface area contributed by atoms with E-state index in [4.69, 9.17) is 11.6 Å². The molecule has 0 saturated heterocycles. The molecule has 2 aromatic rings. The van der Waals surface area contributed by atoms with Crippen LogP contribution >= 0.6 is 11.6 Å². The fraction of sp³-hybridized carbons (Fsp3) is 0.167. The van der Waals surface area contributed by atoms with Crippen molar-refractivity contribution in [1.82, 2.24) is 0 Å². The molecule has 122 valence electrons. The molecular formula is C18H16ClN3O2. The summed E-state index contributed by atoms with van der Waals surface area (Å²) in [6.45, 7) is 1.94. The average Bonchev–Trinajstić information content (AvgIpc) is 2.57. The van der Waals surface area contributed by atoms with E-state index in [1.807, 2.05) is 25.1 Å². The van der Waals surface area contributed by atoms with Crippen LogP contribution in [0.25, 0.3) is 0 Å². The van der Waals surface area contributed by atoms with Gasteiger partial charge in [-0.1, -0.05) is 23.7 Å². The van der Waals surface area contributed by atoms with Gasteiger partial charge in [0.25, 0.3) is 5.91 Å². The third-order valence-corrected chi connectivity index (χ3v) is 3.90. The van der Waals surface area contributed by atoms with Crippen molar-refractivity contribution >= 4 is 40.5 Å². The zero-order chi connectivity index (χ0) is 17.1. The lowest BCUT2D eigenvalue weighted by Gasteiger charge is -2.23. The minimum atomic E-state index is -0.317. The first-order valence-electron chi connectivity index (χ1n) is 7.57. The Kier molecular flexibility index (Phi) is 4.62. The fourth-order valence-electron chi connectivity index (χ4n) is 2.41. The zero-order valence-electron chi connectivity index (χ0n) is 13.1. The topological polar surface area (TPSA) is 61.8 Å². The first-order valence-corrected chi connectivity index (χ1v) is 7.95. The Morgan fingerprint density at radius 1 is 1.17 bits per heavy atom. The van der Waals surface area contributed by atoms with Gasteiger partial charge >= 0.3 is 0 Å². The Hall–Kier alpha value is -2.66. The average molecular weight is 342 g/mol. The van der Waals surface area contributed by atoms with Crippen LogP contribution in [0.15, 0.2) is 53.6 Å². The van der Waals surface area contributed by atoms with Crippen LogP contribution in [0.5, 0.6) is 0 Å². The third-order valence-electron chi connectivity index (χ3n) is 3.64. The number of carbonyl (C=O) groups excluding carboxylic acids is 2. The number of aryl methyl sites for hydroxylation is 1. The first-order chi connectivity index (χ1) is 11.5. The van der Waals surface area contributed by atoms with Crippen LogP contribution < -0.4 is 10.3 Å². The first kappa shape index (κ1) is 16.2. The molecule has 0 saturated carbocycles. The van der Waals surface area contributed by atoms with Crippen molar-refractivity contribution in [1.29, 1.82) is 0 Å². The predicted molar refractivity (Wildman–Crippen MR) is 95.4 cm³/mol. The zero-order valence-corrected chi connectivity index (χ0v) is 13.9. The van der Waals surface area contributed by atoms with Gasteiger partial charge in [0.05, 0.1) is 5.69 Å². The van der Waals surface area contributed by atoms with Gasteiger partial charge in [0.1, 0.15) is 5.71 Å². The van der Waals surface area contributed by atoms with Crippen molar-refractivity contribution in [3.63, 3.8) is 0 Å². The smallest absolute Gasteiger partial charge is 0.271 e. The van der Waals surface area contributed by atoms with E-state index in [0.717, 1.165) is 5.56 Å². The summed E-state index contributed by atoms with van der Waals surface area (Å²) in [4.78, 5) is 24.5. The number of hydrogen-bond acceptors (Lipinski definition) is 3. The van der Waals surface area contributed by atoms with E-state index in [1.165, 1.54) is 5.01 Å². The molecule has 0 atom stereocenters. The Labute approximate surface area is 144 Å². The van der Waals surface area contributed by atoms with Gasteiger partial charge in [-0.15, -0.1) is 0 Å². The highest BCUT2D eigenvalue weighted by atomic mass is 35.5. The number of rotatable bonds is 3. The van der Waals surface area contributed by atoms with Gasteiger partial charge in [0.2, 0.25) is 5.91 Å². The summed E-state index contributed by atoms with van der Waals surface area (Å²) in [5.74, 6) is -0.439. The van der Waals surface area contributed by atoms with E-state index in [2.05, 4.69) is 10.4 Å². The molecule has 2 aromatic carbocycles. The number of carbonyl (C=O) groups is 2. The van der Waals surface area contributed by atoms with Gasteiger partial charge in [0.15, 0.2) is 0 Å². The SMILES string of the molecule is Cc1cccc(N2N=C(C(=O)Nc3ccc(Cl)cc3)CCC2=O)c1. The van der Waals surface area contributed by atoms with Crippen molar-refractivity contribution in [2.75, 3.05) is 10.3 Å². The van der Waals surface area contributed by atoms with E-state index in [-0.39, 0.29) is 18.2 Å². The van der Waals surface area contributed by atoms with E-state index in [9.17, 15) is 9.59 Å². The molecule has 2 amide bonds. The maximum absolute atomic E-state index is 12.4. The van der Waals surface area contributed by atoms with E-state index in [0.29, 0.717) is 28.5 Å². The number of nitrogens with zero attached hydrogens (tertiary/aromatic N) is 2. The molecule has 24 heavy (non-hydrogen) atoms. The van der Waals surface area contributed by atoms with Crippen LogP contribution in [0, 0.1) is 6.92 Å². The molecule has 1 N–H and O–H groups in total. The Morgan fingerprint density at radius 2 is 1.92 bits per heavy atom. The Bertz CT molecular complexity index is 815. The number of nitrogens with one attached hydrogen (secondary N) is 1. The normalized spacial score (nSPS) is 14.3. The van der Waals surface area contributed by atoms with Crippen molar-refractivity contribution in [3.8, 4) is 0 Å². The highest BCUT2D eigenvalue weighted by Crippen LogP contribution is 2.22. The minimum absolute atomic E-state index is 0.122. The standard InChI is InChI=1S/C18H16ClN3O2/c1-12-3-2-4-15(11-12)22-17(23)10-9-16(21-22)18(24)20-14-7-5-13(19)6-8-14/h2-8,11H,9-10H2,1H3,(H,20,24). The van der Waals surface area contributed by atoms with Crippen LogP contribution in [0.3, 0.4) is 0 Å². The van der Waals surface area contributed by atoms with Crippen LogP contribution in [0.2, 0.25) is 5.02 Å². The lowest BCUT2D eigenvalue weighted by molar-refractivity contribution is -0.118. The molecule has 3 rings (SSSR count). The molecule has 0 bridgehead atoms. The number of hydrazone groups is 1. The van der Waals surface area contributed by atoms with Crippen molar-refractivity contribution in [2.45, 2.75) is 19.8 Å². The second-order valence-corrected chi connectivity index (χ2v) is 5.99. The van der Waals surface area contributed by atoms with Gasteiger partial charge in [-0.05, 0) is 48.9 Å². The molecule has 6 heteroatoms. The summed E-state index contributed by atoms with van der Waals surface area (Å²) in [6, 6.07) is 14.3. The predicted octanol–water partition coefficient (Wildman–Crippen LogP) is 3.77. The number of amides is 2. The maximum atomic E-state index is 12.4. The van der Waals surface area contributed by atoms with Gasteiger partial charge in [-0.25, -0.2) is 5.01 Å². The molecule has 1 aliphatic rings. The van der Waals surface area contributed by atoms with Crippen LogP contribution in [0.4, 0.5) is 11.4 Å². The second-order valence-electron chi connectivity index (χ2n) is 5.55. The Balaban J connectivity index is 1.82. The summed E-state index contributed by atoms with van der Waals surface area (Å²) < 4.78 is 0. The summed E-state index contributed by atoms with van der Waals surface area (Å²) in [7, 11) is 0. The number of benzene rings is 2. The molecule has 0 aliphatic carbocycles. The molecule has 0 unspecified atom stereocenters. The third kappa shape index (κ3) is 3.63. The summed E-state index contributed by atoms with van der Waals surface area (Å²) in [5.41, 5.74) is 2.64. The minimum Gasteiger partial charge on any atom is -0.321 e. The number of hydrogen-bond donors (Lipinski definition) is 1. The van der Waals surface area contributed by atoms with Crippen molar-refractivity contribution in [2.24, 2.45) is 5.10 Å². The van der Waals surface area contributed by atoms with Gasteiger partial charge in [0, 0.05) is 23.6 Å². The summed E-state index contributed by atoms with van der Waals surface area (Å²) in [5, 5.41) is 8.92. The lowest BCUT2D eigenvalue weighted by atomic mass is 10.1. The largest absolute Gasteiger partial charge is 0.321 e. The Morgan fingerprint density at radius 3 is 2.62 bits per heavy atom. The molecule has 1 heterocycles. The van der Waals surface area contributed by atoms with Gasteiger partial charge in [-0.2, -0.15) is 5.10 Å². The number of halogens is 1. The molecule has 1 aliphatic heterocycles. The molecule has 0 fully saturated rings. The molecular weight excluding hydrogens is 326 g/mol. The van der Waals surface area contributed by atoms with Crippen LogP contribution in [-0.2, 0) is 9.59 Å². The quantitative estimate of drug-likeness (QED) is 0.923. The van der Waals surface area contributed by atoms with Gasteiger partial charge in [-0.3, -0.25) is 9.59 Å². The van der Waals surface area contributed by atoms with E-state index < -0.39 is 0 Å². The van der Waals surface area contributed by atoms with Crippen LogP contribution in [0.1, 0.15) is 18.4 Å². The van der Waals surface area contributed by atoms with Crippen molar-refractivity contribution < 1.29 is 9.59 Å². The highest BCUT2D eigenvalue weighted by Gasteiger charge is 2.25. The maximum Gasteiger partial charge on any atom is 0.271 e. The van der Waals surface area contributed by atoms with Crippen molar-refractivity contribution in [3.05, 3.63) is 59.1 Å². The molecule has 0 radical (unpaired) electrons. The fourth-order valence-corrected chi connectivity index (χ4v) is 2.54. The number of anilines is 2. The molecule has 0 spiro atoms. The second kappa shape index (κ2) is 6.84. The van der Waals surface area contributed by atoms with Gasteiger partial charge < -0.3 is 5.32 Å². The van der Waals surface area contributed by atoms with Crippen LogP contribution in [-0.4, -0.2) is 17.5 Å². The highest BCUT2D eigenvalue weighted by molar-refractivity contribution is 6.44. The summed E-state index contributed by atoms with van der Waals surface area (Å²) >= 11 is 5.83. The van der Waals surface area contributed by atoms with E-state index >= 15 is 0 Å². The molecule has 0 aromatic heterocycles. The molecule has 5 nitrogen and oxygen atoms in total. The summed E-state index contributed by atoms with van der Waals surface area (Å²) in [6.07, 6.45) is 0.571. The monoisotopic (exact) mass is 341 g/mol. The lowest BCUT2D eigenvalue weighted by Crippen LogP contribution is -2.36.